The summed E-state index contributed by atoms with van der Waals surface area (Å²) in [5.74, 6) is -1.12. The van der Waals surface area contributed by atoms with Crippen molar-refractivity contribution in [3.63, 3.8) is 0 Å². The molecule has 1 aliphatic rings. The van der Waals surface area contributed by atoms with E-state index < -0.39 is 27.9 Å². The molecule has 0 spiro atoms. The Bertz CT molecular complexity index is 633. The summed E-state index contributed by atoms with van der Waals surface area (Å²) in [5, 5.41) is 2.92. The van der Waals surface area contributed by atoms with Crippen molar-refractivity contribution in [3.8, 4) is 0 Å². The predicted octanol–water partition coefficient (Wildman–Crippen LogP) is 0.0301. The van der Waals surface area contributed by atoms with E-state index in [-0.39, 0.29) is 10.5 Å². The van der Waals surface area contributed by atoms with Crippen molar-refractivity contribution in [1.82, 2.24) is 10.0 Å². The van der Waals surface area contributed by atoms with Gasteiger partial charge in [-0.15, -0.1) is 0 Å². The monoisotopic (exact) mass is 312 g/mol. The van der Waals surface area contributed by atoms with Gasteiger partial charge in [-0.1, -0.05) is 0 Å². The number of ether oxygens (including phenoxy) is 1. The van der Waals surface area contributed by atoms with Crippen molar-refractivity contribution in [2.24, 2.45) is 0 Å². The van der Waals surface area contributed by atoms with E-state index in [1.807, 2.05) is 4.72 Å². The number of hydrogen-bond acceptors (Lipinski definition) is 6. The summed E-state index contributed by atoms with van der Waals surface area (Å²) in [6.45, 7) is 0.700. The second-order valence-electron chi connectivity index (χ2n) is 4.63. The van der Waals surface area contributed by atoms with E-state index in [4.69, 9.17) is 0 Å². The highest BCUT2D eigenvalue weighted by atomic mass is 32.2. The summed E-state index contributed by atoms with van der Waals surface area (Å²) in [5.41, 5.74) is 0.236. The molecule has 0 bridgehead atoms. The largest absolute Gasteiger partial charge is 0.465 e. The maximum absolute atomic E-state index is 12.1. The molecule has 0 aliphatic carbocycles. The van der Waals surface area contributed by atoms with Gasteiger partial charge < -0.3 is 10.1 Å². The number of carbonyl (C=O) groups is 2. The number of sulfonamides is 1. The van der Waals surface area contributed by atoms with Gasteiger partial charge in [-0.3, -0.25) is 4.79 Å². The number of esters is 1. The minimum absolute atomic E-state index is 0.0819. The topological polar surface area (TPSA) is 102 Å². The number of methoxy groups -OCH3 is 1. The highest BCUT2D eigenvalue weighted by Crippen LogP contribution is 2.12. The molecule has 0 unspecified atom stereocenters. The van der Waals surface area contributed by atoms with Gasteiger partial charge in [0.05, 0.1) is 23.6 Å². The molecule has 7 nitrogen and oxygen atoms in total. The van der Waals surface area contributed by atoms with E-state index in [1.165, 1.54) is 31.4 Å². The fourth-order valence-corrected chi connectivity index (χ4v) is 3.08. The van der Waals surface area contributed by atoms with E-state index in [1.54, 1.807) is 0 Å². The average Bonchev–Trinajstić information content (AvgIpc) is 3.00. The molecule has 8 heteroatoms. The molecular weight excluding hydrogens is 296 g/mol. The van der Waals surface area contributed by atoms with Crippen molar-refractivity contribution in [1.29, 1.82) is 0 Å². The second-order valence-corrected chi connectivity index (χ2v) is 6.32. The minimum atomic E-state index is -3.94. The molecule has 114 valence electrons. The zero-order valence-corrected chi connectivity index (χ0v) is 12.3. The first-order valence-electron chi connectivity index (χ1n) is 6.42. The van der Waals surface area contributed by atoms with Gasteiger partial charge >= 0.3 is 5.97 Å². The predicted molar refractivity (Wildman–Crippen MR) is 74.1 cm³/mol. The molecule has 0 aromatic heterocycles. The number of nitrogens with one attached hydrogen (secondary N) is 2. The van der Waals surface area contributed by atoms with Crippen LogP contribution in [0.3, 0.4) is 0 Å². The number of rotatable bonds is 4. The number of hydrogen-bond donors (Lipinski definition) is 2. The van der Waals surface area contributed by atoms with Gasteiger partial charge in [0.25, 0.3) is 15.9 Å². The lowest BCUT2D eigenvalue weighted by Gasteiger charge is -2.11. The molecule has 1 amide bonds. The Morgan fingerprint density at radius 1 is 1.29 bits per heavy atom. The van der Waals surface area contributed by atoms with E-state index >= 15 is 0 Å². The highest BCUT2D eigenvalue weighted by molar-refractivity contribution is 7.90. The van der Waals surface area contributed by atoms with Crippen LogP contribution in [0, 0.1) is 0 Å². The third-order valence-electron chi connectivity index (χ3n) is 3.20. The molecule has 1 aromatic rings. The van der Waals surface area contributed by atoms with Gasteiger partial charge in [0.15, 0.2) is 0 Å². The Labute approximate surface area is 122 Å². The van der Waals surface area contributed by atoms with Crippen LogP contribution in [0.4, 0.5) is 0 Å². The second kappa shape index (κ2) is 6.23. The fraction of sp³-hybridized carbons (Fsp3) is 0.385. The van der Waals surface area contributed by atoms with Gasteiger partial charge in [-0.25, -0.2) is 17.9 Å². The molecule has 1 fully saturated rings. The Hall–Kier alpha value is -1.93. The van der Waals surface area contributed by atoms with Gasteiger partial charge in [0.1, 0.15) is 0 Å². The summed E-state index contributed by atoms with van der Waals surface area (Å²) in [6, 6.07) is 4.69. The maximum atomic E-state index is 12.1. The van der Waals surface area contributed by atoms with E-state index in [2.05, 4.69) is 10.1 Å². The van der Waals surface area contributed by atoms with Crippen LogP contribution in [0.5, 0.6) is 0 Å². The Balaban J connectivity index is 2.11. The molecule has 0 radical (unpaired) electrons. The molecule has 21 heavy (non-hydrogen) atoms. The lowest BCUT2D eigenvalue weighted by molar-refractivity contribution is -0.121. The van der Waals surface area contributed by atoms with Crippen LogP contribution in [0.2, 0.25) is 0 Å². The van der Waals surface area contributed by atoms with Gasteiger partial charge in [-0.2, -0.15) is 0 Å². The first-order chi connectivity index (χ1) is 9.94. The van der Waals surface area contributed by atoms with Crippen LogP contribution < -0.4 is 10.0 Å². The van der Waals surface area contributed by atoms with Crippen LogP contribution in [0.15, 0.2) is 29.2 Å². The first kappa shape index (κ1) is 15.5. The van der Waals surface area contributed by atoms with Gasteiger partial charge in [0, 0.05) is 0 Å². The van der Waals surface area contributed by atoms with Crippen LogP contribution >= 0.6 is 0 Å². The van der Waals surface area contributed by atoms with Gasteiger partial charge in [0.2, 0.25) is 0 Å². The number of amides is 1. The van der Waals surface area contributed by atoms with Crippen LogP contribution in [-0.4, -0.2) is 40.0 Å². The Kier molecular flexibility index (Phi) is 4.59. The zero-order valence-electron chi connectivity index (χ0n) is 11.5. The molecular formula is C13H16N2O5S. The van der Waals surface area contributed by atoms with Crippen molar-refractivity contribution < 1.29 is 22.7 Å². The molecule has 0 saturated carbocycles. The van der Waals surface area contributed by atoms with E-state index in [0.29, 0.717) is 13.0 Å². The summed E-state index contributed by atoms with van der Waals surface area (Å²) < 4.78 is 30.7. The van der Waals surface area contributed by atoms with Crippen molar-refractivity contribution in [3.05, 3.63) is 29.8 Å². The standard InChI is InChI=1S/C13H16N2O5S/c1-20-13(17)9-4-6-10(7-5-9)21(18,19)15-12(16)11-3-2-8-14-11/h4-7,11,14H,2-3,8H2,1H3,(H,15,16)/t11-/m1/s1. The maximum Gasteiger partial charge on any atom is 0.337 e. The SMILES string of the molecule is COC(=O)c1ccc(S(=O)(=O)NC(=O)[C@H]2CCCN2)cc1. The molecule has 2 rings (SSSR count). The summed E-state index contributed by atoms with van der Waals surface area (Å²) >= 11 is 0. The summed E-state index contributed by atoms with van der Waals surface area (Å²) in [4.78, 5) is 23.0. The smallest absolute Gasteiger partial charge is 0.337 e. The quantitative estimate of drug-likeness (QED) is 0.761. The van der Waals surface area contributed by atoms with E-state index in [0.717, 1.165) is 6.42 Å². The van der Waals surface area contributed by atoms with Crippen LogP contribution in [-0.2, 0) is 19.6 Å². The molecule has 1 saturated heterocycles. The van der Waals surface area contributed by atoms with Crippen molar-refractivity contribution in [2.45, 2.75) is 23.8 Å². The van der Waals surface area contributed by atoms with Crippen molar-refractivity contribution in [2.75, 3.05) is 13.7 Å². The van der Waals surface area contributed by atoms with Crippen LogP contribution in [0.25, 0.3) is 0 Å². The molecule has 1 aliphatic heterocycles. The van der Waals surface area contributed by atoms with Crippen molar-refractivity contribution >= 4 is 21.9 Å². The Morgan fingerprint density at radius 3 is 2.48 bits per heavy atom. The highest BCUT2D eigenvalue weighted by Gasteiger charge is 2.26. The molecule has 2 N–H and O–H groups in total. The third kappa shape index (κ3) is 3.59. The summed E-state index contributed by atoms with van der Waals surface area (Å²) in [6.07, 6.45) is 1.45. The molecule has 1 aromatic carbocycles. The zero-order chi connectivity index (χ0) is 15.5. The minimum Gasteiger partial charge on any atom is -0.465 e. The number of benzene rings is 1. The van der Waals surface area contributed by atoms with Gasteiger partial charge in [-0.05, 0) is 43.7 Å². The van der Waals surface area contributed by atoms with E-state index in [9.17, 15) is 18.0 Å². The first-order valence-corrected chi connectivity index (χ1v) is 7.91. The Morgan fingerprint density at radius 2 is 1.95 bits per heavy atom. The summed E-state index contributed by atoms with van der Waals surface area (Å²) in [7, 11) is -2.70. The molecule has 1 heterocycles. The van der Waals surface area contributed by atoms with Crippen LogP contribution in [0.1, 0.15) is 23.2 Å². The lowest BCUT2D eigenvalue weighted by Crippen LogP contribution is -2.43. The average molecular weight is 312 g/mol. The normalized spacial score (nSPS) is 18.2. The lowest BCUT2D eigenvalue weighted by atomic mass is 10.2. The fourth-order valence-electron chi connectivity index (χ4n) is 2.06. The molecule has 1 atom stereocenters. The third-order valence-corrected chi connectivity index (χ3v) is 4.56. The number of carbonyl (C=O) groups excluding carboxylic acids is 2.